The van der Waals surface area contributed by atoms with E-state index in [9.17, 15) is 0 Å². The second kappa shape index (κ2) is 7.21. The summed E-state index contributed by atoms with van der Waals surface area (Å²) in [7, 11) is 0. The molecule has 4 heteroatoms. The van der Waals surface area contributed by atoms with E-state index in [0.29, 0.717) is 6.61 Å². The molecule has 0 spiro atoms. The van der Waals surface area contributed by atoms with E-state index in [1.165, 1.54) is 11.1 Å². The van der Waals surface area contributed by atoms with Crippen molar-refractivity contribution in [2.45, 2.75) is 19.5 Å². The van der Waals surface area contributed by atoms with Crippen LogP contribution in [0.2, 0.25) is 0 Å². The second-order valence-corrected chi connectivity index (χ2v) is 6.59. The van der Waals surface area contributed by atoms with Gasteiger partial charge in [0, 0.05) is 13.1 Å². The SMILES string of the molecule is Cc1ccc(CN2CCOCC2c2ncc(-c3ccccc3)[nH]2)cc1. The molecule has 1 N–H and O–H groups in total. The zero-order valence-electron chi connectivity index (χ0n) is 14.5. The normalized spacial score (nSPS) is 18.4. The summed E-state index contributed by atoms with van der Waals surface area (Å²) >= 11 is 0. The molecule has 0 bridgehead atoms. The highest BCUT2D eigenvalue weighted by atomic mass is 16.5. The minimum Gasteiger partial charge on any atom is -0.378 e. The number of morpholine rings is 1. The lowest BCUT2D eigenvalue weighted by Gasteiger charge is -2.34. The molecule has 2 heterocycles. The molecule has 2 aromatic carbocycles. The molecule has 1 aliphatic rings. The molecule has 25 heavy (non-hydrogen) atoms. The number of nitrogens with zero attached hydrogens (tertiary/aromatic N) is 2. The van der Waals surface area contributed by atoms with Crippen LogP contribution in [0.3, 0.4) is 0 Å². The van der Waals surface area contributed by atoms with Crippen molar-refractivity contribution < 1.29 is 4.74 Å². The van der Waals surface area contributed by atoms with Gasteiger partial charge in [-0.2, -0.15) is 0 Å². The second-order valence-electron chi connectivity index (χ2n) is 6.59. The smallest absolute Gasteiger partial charge is 0.126 e. The van der Waals surface area contributed by atoms with Crippen molar-refractivity contribution in [3.63, 3.8) is 0 Å². The van der Waals surface area contributed by atoms with Crippen molar-refractivity contribution in [1.82, 2.24) is 14.9 Å². The highest BCUT2D eigenvalue weighted by Gasteiger charge is 2.27. The predicted octanol–water partition coefficient (Wildman–Crippen LogP) is 3.96. The van der Waals surface area contributed by atoms with Crippen molar-refractivity contribution in [3.05, 3.63) is 77.7 Å². The van der Waals surface area contributed by atoms with E-state index in [4.69, 9.17) is 4.74 Å². The quantitative estimate of drug-likeness (QED) is 0.786. The van der Waals surface area contributed by atoms with Crippen molar-refractivity contribution >= 4 is 0 Å². The van der Waals surface area contributed by atoms with Crippen LogP contribution in [0.15, 0.2) is 60.8 Å². The van der Waals surface area contributed by atoms with Gasteiger partial charge < -0.3 is 9.72 Å². The first-order valence-corrected chi connectivity index (χ1v) is 8.77. The van der Waals surface area contributed by atoms with E-state index in [1.54, 1.807) is 0 Å². The van der Waals surface area contributed by atoms with Gasteiger partial charge in [-0.3, -0.25) is 4.90 Å². The Kier molecular flexibility index (Phi) is 4.63. The summed E-state index contributed by atoms with van der Waals surface area (Å²) in [5, 5.41) is 0. The molecule has 1 unspecified atom stereocenters. The summed E-state index contributed by atoms with van der Waals surface area (Å²) in [6.45, 7) is 5.40. The van der Waals surface area contributed by atoms with E-state index in [2.05, 4.69) is 58.2 Å². The zero-order valence-corrected chi connectivity index (χ0v) is 14.5. The average Bonchev–Trinajstić information content (AvgIpc) is 3.15. The highest BCUT2D eigenvalue weighted by Crippen LogP contribution is 2.26. The van der Waals surface area contributed by atoms with E-state index in [0.717, 1.165) is 36.8 Å². The molecule has 1 aromatic heterocycles. The summed E-state index contributed by atoms with van der Waals surface area (Å²) in [6, 6.07) is 19.2. The van der Waals surface area contributed by atoms with Gasteiger partial charge in [0.05, 0.1) is 31.1 Å². The maximum atomic E-state index is 5.74. The number of benzene rings is 2. The van der Waals surface area contributed by atoms with Crippen LogP contribution in [-0.4, -0.2) is 34.6 Å². The van der Waals surface area contributed by atoms with E-state index >= 15 is 0 Å². The number of rotatable bonds is 4. The molecule has 0 aliphatic carbocycles. The van der Waals surface area contributed by atoms with Crippen molar-refractivity contribution in [3.8, 4) is 11.3 Å². The fourth-order valence-corrected chi connectivity index (χ4v) is 3.28. The molecule has 128 valence electrons. The molecule has 0 radical (unpaired) electrons. The zero-order chi connectivity index (χ0) is 17.1. The maximum absolute atomic E-state index is 5.74. The van der Waals surface area contributed by atoms with Crippen molar-refractivity contribution in [1.29, 1.82) is 0 Å². The largest absolute Gasteiger partial charge is 0.378 e. The third-order valence-electron chi connectivity index (χ3n) is 4.74. The van der Waals surface area contributed by atoms with Crippen LogP contribution in [-0.2, 0) is 11.3 Å². The number of H-pyrrole nitrogens is 1. The summed E-state index contributed by atoms with van der Waals surface area (Å²) in [4.78, 5) is 10.6. The highest BCUT2D eigenvalue weighted by molar-refractivity contribution is 5.58. The lowest BCUT2D eigenvalue weighted by molar-refractivity contribution is -0.0156. The number of hydrogen-bond acceptors (Lipinski definition) is 3. The summed E-state index contributed by atoms with van der Waals surface area (Å²) in [6.07, 6.45) is 1.92. The van der Waals surface area contributed by atoms with Crippen LogP contribution in [0, 0.1) is 6.92 Å². The van der Waals surface area contributed by atoms with Crippen LogP contribution in [0.25, 0.3) is 11.3 Å². The first kappa shape index (κ1) is 16.1. The van der Waals surface area contributed by atoms with Gasteiger partial charge in [-0.1, -0.05) is 60.2 Å². The first-order valence-electron chi connectivity index (χ1n) is 8.77. The minimum absolute atomic E-state index is 0.160. The molecule has 1 fully saturated rings. The Bertz CT molecular complexity index is 811. The molecule has 3 aromatic rings. The Morgan fingerprint density at radius 1 is 1.12 bits per heavy atom. The number of aryl methyl sites for hydroxylation is 1. The van der Waals surface area contributed by atoms with E-state index in [1.807, 2.05) is 24.4 Å². The Morgan fingerprint density at radius 2 is 1.92 bits per heavy atom. The van der Waals surface area contributed by atoms with Crippen LogP contribution in [0.1, 0.15) is 23.0 Å². The number of nitrogens with one attached hydrogen (secondary N) is 1. The molecule has 0 amide bonds. The van der Waals surface area contributed by atoms with Gasteiger partial charge in [-0.25, -0.2) is 4.98 Å². The minimum atomic E-state index is 0.160. The predicted molar refractivity (Wildman–Crippen MR) is 99.2 cm³/mol. The fourth-order valence-electron chi connectivity index (χ4n) is 3.28. The number of imidazole rings is 1. The standard InChI is InChI=1S/C21H23N3O/c1-16-7-9-17(10-8-16)14-24-11-12-25-15-20(24)21-22-13-19(23-21)18-5-3-2-4-6-18/h2-10,13,20H,11-12,14-15H2,1H3,(H,22,23). The molecule has 0 saturated carbocycles. The number of aromatic amines is 1. The Balaban J connectivity index is 1.55. The number of ether oxygens (including phenoxy) is 1. The fraction of sp³-hybridized carbons (Fsp3) is 0.286. The maximum Gasteiger partial charge on any atom is 0.126 e. The van der Waals surface area contributed by atoms with Crippen molar-refractivity contribution in [2.24, 2.45) is 0 Å². The van der Waals surface area contributed by atoms with Crippen molar-refractivity contribution in [2.75, 3.05) is 19.8 Å². The van der Waals surface area contributed by atoms with Crippen LogP contribution >= 0.6 is 0 Å². The number of aromatic nitrogens is 2. The third-order valence-corrected chi connectivity index (χ3v) is 4.74. The van der Waals surface area contributed by atoms with Gasteiger partial charge in [0.25, 0.3) is 0 Å². The van der Waals surface area contributed by atoms with Gasteiger partial charge in [0.2, 0.25) is 0 Å². The molecule has 1 aliphatic heterocycles. The lowest BCUT2D eigenvalue weighted by Crippen LogP contribution is -2.39. The Labute approximate surface area is 148 Å². The summed E-state index contributed by atoms with van der Waals surface area (Å²) < 4.78 is 5.74. The van der Waals surface area contributed by atoms with Crippen LogP contribution in [0.5, 0.6) is 0 Å². The van der Waals surface area contributed by atoms with Gasteiger partial charge in [0.1, 0.15) is 5.82 Å². The molecular weight excluding hydrogens is 310 g/mol. The molecule has 1 saturated heterocycles. The van der Waals surface area contributed by atoms with Gasteiger partial charge in [0.15, 0.2) is 0 Å². The van der Waals surface area contributed by atoms with Crippen LogP contribution < -0.4 is 0 Å². The van der Waals surface area contributed by atoms with Gasteiger partial charge in [-0.15, -0.1) is 0 Å². The molecule has 4 rings (SSSR count). The first-order chi connectivity index (χ1) is 12.3. The van der Waals surface area contributed by atoms with Gasteiger partial charge in [-0.05, 0) is 18.1 Å². The molecule has 4 nitrogen and oxygen atoms in total. The van der Waals surface area contributed by atoms with E-state index in [-0.39, 0.29) is 6.04 Å². The third kappa shape index (κ3) is 3.65. The topological polar surface area (TPSA) is 41.1 Å². The Hall–Kier alpha value is -2.43. The van der Waals surface area contributed by atoms with Crippen LogP contribution in [0.4, 0.5) is 0 Å². The average molecular weight is 333 g/mol. The Morgan fingerprint density at radius 3 is 2.72 bits per heavy atom. The summed E-state index contributed by atoms with van der Waals surface area (Å²) in [5.74, 6) is 0.977. The van der Waals surface area contributed by atoms with E-state index < -0.39 is 0 Å². The molecular formula is C21H23N3O. The molecule has 1 atom stereocenters. The monoisotopic (exact) mass is 333 g/mol. The lowest BCUT2D eigenvalue weighted by atomic mass is 10.1. The summed E-state index contributed by atoms with van der Waals surface area (Å²) in [5.41, 5.74) is 4.83. The number of hydrogen-bond donors (Lipinski definition) is 1. The van der Waals surface area contributed by atoms with Gasteiger partial charge >= 0.3 is 0 Å².